The Morgan fingerprint density at radius 2 is 1.42 bits per heavy atom. The third-order valence-corrected chi connectivity index (χ3v) is 9.36. The zero-order valence-corrected chi connectivity index (χ0v) is 17.7. The van der Waals surface area contributed by atoms with Gasteiger partial charge in [0.15, 0.2) is 0 Å². The first-order chi connectivity index (χ1) is 11.9. The molecule has 5 heteroatoms. The summed E-state index contributed by atoms with van der Waals surface area (Å²) in [6.45, 7) is 18.6. The van der Waals surface area contributed by atoms with E-state index in [1.165, 1.54) is 0 Å². The molecule has 1 aromatic rings. The molecule has 1 aromatic carbocycles. The molecule has 0 aliphatic carbocycles. The van der Waals surface area contributed by atoms with E-state index in [0.717, 1.165) is 5.56 Å². The Kier molecular flexibility index (Phi) is 7.15. The van der Waals surface area contributed by atoms with Crippen LogP contribution in [0.15, 0.2) is 54.6 Å². The molecule has 0 aromatic heterocycles. The van der Waals surface area contributed by atoms with Gasteiger partial charge in [0.05, 0.1) is 0 Å². The Labute approximate surface area is 158 Å². The minimum absolute atomic E-state index is 0.119. The topological polar surface area (TPSA) is 52.6 Å². The third kappa shape index (κ3) is 4.94. The van der Waals surface area contributed by atoms with E-state index >= 15 is 0 Å². The molecular formula is C21H30O4Si. The van der Waals surface area contributed by atoms with Crippen LogP contribution >= 0.6 is 0 Å². The standard InChI is InChI=1S/C21H30O4Si/c1-15(2)19(22)24-26(21(7,8)17(5)6,25-20(23)16(3)4)14-18-12-10-9-11-13-18/h9-13,17H,1,3,14H2,2,4-8H3. The highest BCUT2D eigenvalue weighted by molar-refractivity contribution is 6.73. The van der Waals surface area contributed by atoms with E-state index in [9.17, 15) is 9.59 Å². The lowest BCUT2D eigenvalue weighted by molar-refractivity contribution is -0.138. The van der Waals surface area contributed by atoms with Gasteiger partial charge in [0.2, 0.25) is 0 Å². The predicted molar refractivity (Wildman–Crippen MR) is 107 cm³/mol. The van der Waals surface area contributed by atoms with Gasteiger partial charge in [0, 0.05) is 22.2 Å². The maximum Gasteiger partial charge on any atom is 0.475 e. The van der Waals surface area contributed by atoms with Gasteiger partial charge in [0.25, 0.3) is 0 Å². The highest BCUT2D eigenvalue weighted by Crippen LogP contribution is 2.47. The minimum atomic E-state index is -3.40. The van der Waals surface area contributed by atoms with Gasteiger partial charge in [-0.1, -0.05) is 71.2 Å². The van der Waals surface area contributed by atoms with Crippen molar-refractivity contribution in [1.29, 1.82) is 0 Å². The van der Waals surface area contributed by atoms with Gasteiger partial charge >= 0.3 is 20.5 Å². The van der Waals surface area contributed by atoms with Gasteiger partial charge in [-0.2, -0.15) is 0 Å². The normalized spacial score (nSPS) is 11.8. The van der Waals surface area contributed by atoms with Gasteiger partial charge in [-0.3, -0.25) is 0 Å². The first-order valence-corrected chi connectivity index (χ1v) is 10.8. The molecule has 0 atom stereocenters. The Hall–Kier alpha value is -2.14. The van der Waals surface area contributed by atoms with Crippen molar-refractivity contribution in [3.05, 3.63) is 60.2 Å². The van der Waals surface area contributed by atoms with Crippen molar-refractivity contribution >= 4 is 20.5 Å². The van der Waals surface area contributed by atoms with Crippen LogP contribution < -0.4 is 0 Å². The highest BCUT2D eigenvalue weighted by Gasteiger charge is 2.59. The molecule has 0 heterocycles. The summed E-state index contributed by atoms with van der Waals surface area (Å²) in [6, 6.07) is 10.0. The van der Waals surface area contributed by atoms with Gasteiger partial charge in [-0.15, -0.1) is 0 Å². The predicted octanol–water partition coefficient (Wildman–Crippen LogP) is 4.89. The average molecular weight is 375 g/mol. The summed E-state index contributed by atoms with van der Waals surface area (Å²) in [6.07, 6.45) is 0. The lowest BCUT2D eigenvalue weighted by Crippen LogP contribution is -2.58. The molecule has 26 heavy (non-hydrogen) atoms. The second-order valence-electron chi connectivity index (χ2n) is 7.63. The molecule has 1 rings (SSSR count). The monoisotopic (exact) mass is 374 g/mol. The van der Waals surface area contributed by atoms with Gasteiger partial charge in [0.1, 0.15) is 0 Å². The Morgan fingerprint density at radius 3 is 1.77 bits per heavy atom. The van der Waals surface area contributed by atoms with Gasteiger partial charge < -0.3 is 8.85 Å². The average Bonchev–Trinajstić information content (AvgIpc) is 2.54. The molecular weight excluding hydrogens is 344 g/mol. The molecule has 0 unspecified atom stereocenters. The zero-order valence-electron chi connectivity index (χ0n) is 16.7. The van der Waals surface area contributed by atoms with Crippen molar-refractivity contribution < 1.29 is 18.4 Å². The first kappa shape index (κ1) is 21.9. The maximum absolute atomic E-state index is 12.5. The summed E-state index contributed by atoms with van der Waals surface area (Å²) in [5, 5.41) is -0.529. The molecule has 4 nitrogen and oxygen atoms in total. The maximum atomic E-state index is 12.5. The minimum Gasteiger partial charge on any atom is -0.481 e. The second kappa shape index (κ2) is 8.49. The van der Waals surface area contributed by atoms with E-state index < -0.39 is 25.5 Å². The number of benzene rings is 1. The highest BCUT2D eigenvalue weighted by atomic mass is 28.4. The van der Waals surface area contributed by atoms with E-state index in [4.69, 9.17) is 8.85 Å². The Morgan fingerprint density at radius 1 is 1.00 bits per heavy atom. The number of carbonyl (C=O) groups is 2. The van der Waals surface area contributed by atoms with Gasteiger partial charge in [-0.05, 0) is 25.3 Å². The van der Waals surface area contributed by atoms with Crippen LogP contribution in [-0.2, 0) is 24.5 Å². The molecule has 0 fully saturated rings. The fraction of sp³-hybridized carbons (Fsp3) is 0.429. The number of rotatable bonds is 8. The van der Waals surface area contributed by atoms with E-state index in [-0.39, 0.29) is 17.1 Å². The molecule has 0 N–H and O–H groups in total. The summed E-state index contributed by atoms with van der Waals surface area (Å²) in [5.41, 5.74) is 1.51. The molecule has 0 spiro atoms. The van der Waals surface area contributed by atoms with Crippen molar-refractivity contribution in [3.8, 4) is 0 Å². The fourth-order valence-electron chi connectivity index (χ4n) is 2.36. The van der Waals surface area contributed by atoms with Crippen LogP contribution in [0, 0.1) is 5.92 Å². The van der Waals surface area contributed by atoms with Crippen LogP contribution in [-0.4, -0.2) is 20.5 Å². The van der Waals surface area contributed by atoms with Crippen LogP contribution in [0.1, 0.15) is 47.1 Å². The number of carbonyl (C=O) groups excluding carboxylic acids is 2. The molecule has 0 amide bonds. The molecule has 0 aliphatic heterocycles. The quantitative estimate of drug-likeness (QED) is 0.480. The van der Waals surface area contributed by atoms with Crippen molar-refractivity contribution in [3.63, 3.8) is 0 Å². The fourth-order valence-corrected chi connectivity index (χ4v) is 6.13. The van der Waals surface area contributed by atoms with Crippen molar-refractivity contribution in [2.24, 2.45) is 5.92 Å². The van der Waals surface area contributed by atoms with Crippen molar-refractivity contribution in [2.75, 3.05) is 0 Å². The number of hydrogen-bond acceptors (Lipinski definition) is 4. The summed E-state index contributed by atoms with van der Waals surface area (Å²) < 4.78 is 11.9. The van der Waals surface area contributed by atoms with Crippen LogP contribution in [0.5, 0.6) is 0 Å². The van der Waals surface area contributed by atoms with Crippen molar-refractivity contribution in [1.82, 2.24) is 0 Å². The SMILES string of the molecule is C=C(C)C(=O)O[Si](Cc1ccccc1)(OC(=O)C(=C)C)C(C)(C)C(C)C. The van der Waals surface area contributed by atoms with Crippen LogP contribution in [0.3, 0.4) is 0 Å². The second-order valence-corrected chi connectivity index (χ2v) is 11.2. The molecule has 0 bridgehead atoms. The van der Waals surface area contributed by atoms with E-state index in [1.807, 2.05) is 58.0 Å². The zero-order chi connectivity index (χ0) is 20.1. The van der Waals surface area contributed by atoms with E-state index in [1.54, 1.807) is 13.8 Å². The molecule has 0 saturated carbocycles. The Bertz CT molecular complexity index is 661. The summed E-state index contributed by atoms with van der Waals surface area (Å²) in [7, 11) is -3.40. The van der Waals surface area contributed by atoms with Gasteiger partial charge in [-0.25, -0.2) is 9.59 Å². The Balaban J connectivity index is 3.53. The summed E-state index contributed by atoms with van der Waals surface area (Å²) >= 11 is 0. The van der Waals surface area contributed by atoms with Crippen LogP contribution in [0.4, 0.5) is 0 Å². The third-order valence-electron chi connectivity index (χ3n) is 4.92. The summed E-state index contributed by atoms with van der Waals surface area (Å²) in [4.78, 5) is 24.9. The first-order valence-electron chi connectivity index (χ1n) is 8.74. The van der Waals surface area contributed by atoms with E-state index in [2.05, 4.69) is 13.2 Å². The summed E-state index contributed by atoms with van der Waals surface area (Å²) in [5.74, 6) is -0.944. The van der Waals surface area contributed by atoms with Crippen LogP contribution in [0.25, 0.3) is 0 Å². The number of hydrogen-bond donors (Lipinski definition) is 0. The largest absolute Gasteiger partial charge is 0.481 e. The van der Waals surface area contributed by atoms with Crippen molar-refractivity contribution in [2.45, 2.75) is 52.6 Å². The smallest absolute Gasteiger partial charge is 0.475 e. The lowest BCUT2D eigenvalue weighted by atomic mass is 9.99. The van der Waals surface area contributed by atoms with Crippen LogP contribution in [0.2, 0.25) is 5.04 Å². The molecule has 142 valence electrons. The molecule has 0 saturated heterocycles. The molecule has 0 radical (unpaired) electrons. The molecule has 0 aliphatic rings. The lowest BCUT2D eigenvalue weighted by Gasteiger charge is -2.44. The van der Waals surface area contributed by atoms with E-state index in [0.29, 0.717) is 6.04 Å².